The van der Waals surface area contributed by atoms with E-state index in [1.165, 1.54) is 11.1 Å². The highest BCUT2D eigenvalue weighted by Crippen LogP contribution is 2.30. The molecule has 0 radical (unpaired) electrons. The van der Waals surface area contributed by atoms with Gasteiger partial charge in [0.2, 0.25) is 0 Å². The van der Waals surface area contributed by atoms with Crippen LogP contribution in [-0.4, -0.2) is 69.2 Å². The van der Waals surface area contributed by atoms with Crippen molar-refractivity contribution in [1.82, 2.24) is 10.2 Å². The molecule has 5 rings (SSSR count). The molecule has 0 saturated carbocycles. The van der Waals surface area contributed by atoms with Crippen LogP contribution in [0.1, 0.15) is 71.9 Å². The number of ether oxygens (including phenoxy) is 1. The van der Waals surface area contributed by atoms with Crippen LogP contribution in [0.25, 0.3) is 0 Å². The molecular formula is C37H48N4O3. The summed E-state index contributed by atoms with van der Waals surface area (Å²) in [7, 11) is 0. The van der Waals surface area contributed by atoms with Crippen molar-refractivity contribution in [3.05, 3.63) is 95.1 Å². The van der Waals surface area contributed by atoms with Crippen LogP contribution in [0.5, 0.6) is 0 Å². The third kappa shape index (κ3) is 8.70. The Balaban J connectivity index is 1.26. The van der Waals surface area contributed by atoms with E-state index < -0.39 is 0 Å². The number of piperidine rings is 1. The van der Waals surface area contributed by atoms with E-state index in [2.05, 4.69) is 71.5 Å². The van der Waals surface area contributed by atoms with Crippen molar-refractivity contribution in [1.29, 1.82) is 0 Å². The molecule has 3 aromatic rings. The second-order valence-corrected chi connectivity index (χ2v) is 13.2. The quantitative estimate of drug-likeness (QED) is 0.275. The summed E-state index contributed by atoms with van der Waals surface area (Å²) in [6.45, 7) is 13.3. The predicted octanol–water partition coefficient (Wildman–Crippen LogP) is 6.15. The van der Waals surface area contributed by atoms with E-state index in [4.69, 9.17) is 4.74 Å². The Labute approximate surface area is 263 Å². The molecule has 0 aromatic heterocycles. The average molecular weight is 597 g/mol. The van der Waals surface area contributed by atoms with Gasteiger partial charge in [-0.15, -0.1) is 0 Å². The molecule has 7 heteroatoms. The average Bonchev–Trinajstić information content (AvgIpc) is 3.04. The summed E-state index contributed by atoms with van der Waals surface area (Å²) in [5, 5.41) is 6.19. The Morgan fingerprint density at radius 3 is 2.25 bits per heavy atom. The highest BCUT2D eigenvalue weighted by atomic mass is 16.5. The van der Waals surface area contributed by atoms with Crippen LogP contribution in [0.15, 0.2) is 72.8 Å². The SMILES string of the molecule is CC(C)(C)c1ccc(C(=O)Nc2ccc(N3CCC(Cc4ccccc4)CC3)c(C(=O)NCCCN3CCOCC3)c2)cc1. The van der Waals surface area contributed by atoms with Crippen LogP contribution >= 0.6 is 0 Å². The number of nitrogens with zero attached hydrogens (tertiary/aromatic N) is 2. The molecule has 0 aliphatic carbocycles. The van der Waals surface area contributed by atoms with Crippen LogP contribution in [0.2, 0.25) is 0 Å². The summed E-state index contributed by atoms with van der Waals surface area (Å²) in [4.78, 5) is 31.5. The first kappa shape index (κ1) is 31.7. The zero-order valence-corrected chi connectivity index (χ0v) is 26.6. The number of anilines is 2. The summed E-state index contributed by atoms with van der Waals surface area (Å²) in [6, 6.07) is 24.2. The molecule has 3 aromatic carbocycles. The number of benzene rings is 3. The molecule has 0 unspecified atom stereocenters. The van der Waals surface area contributed by atoms with Crippen molar-refractivity contribution in [2.75, 3.05) is 62.7 Å². The lowest BCUT2D eigenvalue weighted by atomic mass is 9.87. The third-order valence-electron chi connectivity index (χ3n) is 8.87. The van der Waals surface area contributed by atoms with E-state index >= 15 is 0 Å². The molecule has 0 spiro atoms. The standard InChI is InChI=1S/C37H48N4O3/c1-37(2,3)31-12-10-30(11-13-31)35(42)39-32-14-15-34(41-20-16-29(17-21-41)26-28-8-5-4-6-9-28)33(27-32)36(43)38-18-7-19-40-22-24-44-25-23-40/h4-6,8-15,27,29H,7,16-26H2,1-3H3,(H,38,43)(H,39,42). The molecule has 234 valence electrons. The van der Waals surface area contributed by atoms with Crippen molar-refractivity contribution < 1.29 is 14.3 Å². The topological polar surface area (TPSA) is 73.9 Å². The van der Waals surface area contributed by atoms with Gasteiger partial charge in [-0.2, -0.15) is 0 Å². The number of hydrogen-bond acceptors (Lipinski definition) is 5. The lowest BCUT2D eigenvalue weighted by Gasteiger charge is -2.35. The van der Waals surface area contributed by atoms with Crippen molar-refractivity contribution in [2.45, 2.75) is 51.9 Å². The van der Waals surface area contributed by atoms with Gasteiger partial charge in [-0.1, -0.05) is 63.2 Å². The third-order valence-corrected chi connectivity index (χ3v) is 8.87. The lowest BCUT2D eigenvalue weighted by Crippen LogP contribution is -2.38. The number of amides is 2. The second-order valence-electron chi connectivity index (χ2n) is 13.2. The van der Waals surface area contributed by atoms with Crippen LogP contribution in [-0.2, 0) is 16.6 Å². The van der Waals surface area contributed by atoms with Crippen molar-refractivity contribution in [2.24, 2.45) is 5.92 Å². The minimum Gasteiger partial charge on any atom is -0.379 e. The van der Waals surface area contributed by atoms with E-state index in [-0.39, 0.29) is 17.2 Å². The normalized spacial score (nSPS) is 16.5. The highest BCUT2D eigenvalue weighted by Gasteiger charge is 2.24. The van der Waals surface area contributed by atoms with Gasteiger partial charge < -0.3 is 20.3 Å². The van der Waals surface area contributed by atoms with E-state index in [0.717, 1.165) is 77.3 Å². The van der Waals surface area contributed by atoms with Crippen LogP contribution < -0.4 is 15.5 Å². The minimum atomic E-state index is -0.184. The molecule has 2 fully saturated rings. The largest absolute Gasteiger partial charge is 0.379 e. The summed E-state index contributed by atoms with van der Waals surface area (Å²) < 4.78 is 5.45. The summed E-state index contributed by atoms with van der Waals surface area (Å²) in [5.74, 6) is 0.352. The molecule has 2 heterocycles. The fourth-order valence-electron chi connectivity index (χ4n) is 6.15. The number of morpholine rings is 1. The summed E-state index contributed by atoms with van der Waals surface area (Å²) >= 11 is 0. The number of rotatable bonds is 10. The molecule has 0 atom stereocenters. The Kier molecular flexibility index (Phi) is 10.7. The first-order chi connectivity index (χ1) is 21.3. The zero-order valence-electron chi connectivity index (χ0n) is 26.6. The monoisotopic (exact) mass is 596 g/mol. The number of nitrogens with one attached hydrogen (secondary N) is 2. The summed E-state index contributed by atoms with van der Waals surface area (Å²) in [5.41, 5.74) is 5.34. The first-order valence-electron chi connectivity index (χ1n) is 16.2. The van der Waals surface area contributed by atoms with Crippen molar-refractivity contribution in [3.8, 4) is 0 Å². The van der Waals surface area contributed by atoms with Crippen LogP contribution in [0, 0.1) is 5.92 Å². The summed E-state index contributed by atoms with van der Waals surface area (Å²) in [6.07, 6.45) is 4.14. The first-order valence-corrected chi connectivity index (χ1v) is 16.2. The van der Waals surface area contributed by atoms with Crippen molar-refractivity contribution in [3.63, 3.8) is 0 Å². The Hall–Kier alpha value is -3.68. The van der Waals surface area contributed by atoms with E-state index in [1.54, 1.807) is 0 Å². The maximum absolute atomic E-state index is 13.6. The molecular weight excluding hydrogens is 548 g/mol. The van der Waals surface area contributed by atoms with E-state index in [1.807, 2.05) is 42.5 Å². The van der Waals surface area contributed by atoms with Crippen LogP contribution in [0.4, 0.5) is 11.4 Å². The van der Waals surface area contributed by atoms with Gasteiger partial charge in [0.15, 0.2) is 0 Å². The number of hydrogen-bond donors (Lipinski definition) is 2. The highest BCUT2D eigenvalue weighted by molar-refractivity contribution is 6.06. The maximum Gasteiger partial charge on any atom is 0.255 e. The molecule has 0 bridgehead atoms. The van der Waals surface area contributed by atoms with Gasteiger partial charge in [0.1, 0.15) is 0 Å². The number of carbonyl (C=O) groups excluding carboxylic acids is 2. The Morgan fingerprint density at radius 1 is 0.864 bits per heavy atom. The molecule has 2 N–H and O–H groups in total. The maximum atomic E-state index is 13.6. The van der Waals surface area contributed by atoms with Gasteiger partial charge in [-0.25, -0.2) is 0 Å². The van der Waals surface area contributed by atoms with Crippen LogP contribution in [0.3, 0.4) is 0 Å². The molecule has 2 saturated heterocycles. The van der Waals surface area contributed by atoms with Gasteiger partial charge in [-0.3, -0.25) is 14.5 Å². The molecule has 7 nitrogen and oxygen atoms in total. The smallest absolute Gasteiger partial charge is 0.255 e. The molecule has 2 amide bonds. The molecule has 2 aliphatic rings. The minimum absolute atomic E-state index is 0.0192. The lowest BCUT2D eigenvalue weighted by molar-refractivity contribution is 0.0374. The predicted molar refractivity (Wildman–Crippen MR) is 179 cm³/mol. The van der Waals surface area contributed by atoms with E-state index in [9.17, 15) is 9.59 Å². The van der Waals surface area contributed by atoms with E-state index in [0.29, 0.717) is 29.3 Å². The van der Waals surface area contributed by atoms with Crippen molar-refractivity contribution >= 4 is 23.2 Å². The Morgan fingerprint density at radius 2 is 1.57 bits per heavy atom. The fourth-order valence-corrected chi connectivity index (χ4v) is 6.15. The Bertz CT molecular complexity index is 1370. The zero-order chi connectivity index (χ0) is 30.9. The van der Waals surface area contributed by atoms with Gasteiger partial charge >= 0.3 is 0 Å². The molecule has 2 aliphatic heterocycles. The fraction of sp³-hybridized carbons (Fsp3) is 0.459. The number of carbonyl (C=O) groups is 2. The van der Waals surface area contributed by atoms with Gasteiger partial charge in [0, 0.05) is 49.7 Å². The van der Waals surface area contributed by atoms with Gasteiger partial charge in [0.05, 0.1) is 18.8 Å². The molecule has 44 heavy (non-hydrogen) atoms. The van der Waals surface area contributed by atoms with Gasteiger partial charge in [-0.05, 0) is 85.0 Å². The van der Waals surface area contributed by atoms with Gasteiger partial charge in [0.25, 0.3) is 11.8 Å². The second kappa shape index (κ2) is 14.9.